The van der Waals surface area contributed by atoms with Gasteiger partial charge in [0.1, 0.15) is 0 Å². The van der Waals surface area contributed by atoms with E-state index < -0.39 is 0 Å². The molecule has 2 N–H and O–H groups in total. The van der Waals surface area contributed by atoms with E-state index in [-0.39, 0.29) is 19.4 Å². The first-order valence-electron chi connectivity index (χ1n) is 8.25. The first-order chi connectivity index (χ1) is 10.6. The second kappa shape index (κ2) is 6.74. The van der Waals surface area contributed by atoms with Crippen LogP contribution in [0.5, 0.6) is 11.5 Å². The van der Waals surface area contributed by atoms with Crippen molar-refractivity contribution in [3.05, 3.63) is 17.7 Å². The molecular formula is C17H27N2O2P. The molecule has 0 unspecified atom stereocenters. The highest BCUT2D eigenvalue weighted by molar-refractivity contribution is 7.66. The van der Waals surface area contributed by atoms with Gasteiger partial charge in [0.15, 0.2) is 11.5 Å². The summed E-state index contributed by atoms with van der Waals surface area (Å²) in [6.07, 6.45) is 4.84. The van der Waals surface area contributed by atoms with E-state index in [4.69, 9.17) is 0 Å². The molecule has 2 aliphatic rings. The van der Waals surface area contributed by atoms with Gasteiger partial charge in [-0.2, -0.15) is 0 Å². The third-order valence-electron chi connectivity index (χ3n) is 5.19. The minimum Gasteiger partial charge on any atom is -0.504 e. The summed E-state index contributed by atoms with van der Waals surface area (Å²) in [6, 6.07) is 4.69. The van der Waals surface area contributed by atoms with Crippen LogP contribution in [0.4, 0.5) is 0 Å². The Morgan fingerprint density at radius 1 is 1.00 bits per heavy atom. The Morgan fingerprint density at radius 3 is 2.27 bits per heavy atom. The van der Waals surface area contributed by atoms with Gasteiger partial charge in [-0.15, -0.1) is 0 Å². The molecule has 122 valence electrons. The second-order valence-corrected chi connectivity index (χ2v) is 9.11. The fourth-order valence-corrected chi connectivity index (χ4v) is 6.01. The zero-order chi connectivity index (χ0) is 15.7. The van der Waals surface area contributed by atoms with Crippen molar-refractivity contribution in [1.29, 1.82) is 0 Å². The van der Waals surface area contributed by atoms with Crippen LogP contribution < -0.4 is 5.30 Å². The highest BCUT2D eigenvalue weighted by Crippen LogP contribution is 2.43. The molecule has 2 fully saturated rings. The van der Waals surface area contributed by atoms with Gasteiger partial charge in [0, 0.05) is 24.4 Å². The lowest BCUT2D eigenvalue weighted by atomic mass is 10.0. The van der Waals surface area contributed by atoms with Gasteiger partial charge in [0.05, 0.1) is 0 Å². The molecule has 2 heterocycles. The number of aryl methyl sites for hydroxylation is 1. The minimum absolute atomic E-state index is 0.0674. The van der Waals surface area contributed by atoms with Crippen LogP contribution in [-0.2, 0) is 0 Å². The van der Waals surface area contributed by atoms with E-state index in [2.05, 4.69) is 16.8 Å². The Hall–Kier alpha value is -0.830. The van der Waals surface area contributed by atoms with Crippen molar-refractivity contribution in [3.63, 3.8) is 0 Å². The molecule has 0 radical (unpaired) electrons. The number of piperidine rings is 1. The number of rotatable bonds is 2. The summed E-state index contributed by atoms with van der Waals surface area (Å²) >= 11 is 0. The smallest absolute Gasteiger partial charge is 0.165 e. The quantitative estimate of drug-likeness (QED) is 0.645. The number of hydrogen-bond acceptors (Lipinski definition) is 4. The number of benzene rings is 1. The largest absolute Gasteiger partial charge is 0.504 e. The molecule has 2 saturated heterocycles. The second-order valence-electron chi connectivity index (χ2n) is 6.66. The molecule has 0 aliphatic carbocycles. The van der Waals surface area contributed by atoms with Gasteiger partial charge in [-0.3, -0.25) is 4.90 Å². The predicted molar refractivity (Wildman–Crippen MR) is 92.9 cm³/mol. The van der Waals surface area contributed by atoms with Gasteiger partial charge in [0.25, 0.3) is 0 Å². The van der Waals surface area contributed by atoms with Gasteiger partial charge >= 0.3 is 0 Å². The SMILES string of the molecule is Cc1ccc(P2CCN(C3CCN(C)CC3)CC2)c(O)c1O. The molecule has 1 aromatic carbocycles. The van der Waals surface area contributed by atoms with E-state index in [9.17, 15) is 10.2 Å². The lowest BCUT2D eigenvalue weighted by Crippen LogP contribution is -2.47. The zero-order valence-electron chi connectivity index (χ0n) is 13.6. The van der Waals surface area contributed by atoms with Crippen LogP contribution in [0.3, 0.4) is 0 Å². The van der Waals surface area contributed by atoms with Gasteiger partial charge in [-0.1, -0.05) is 20.1 Å². The van der Waals surface area contributed by atoms with Gasteiger partial charge in [-0.25, -0.2) is 0 Å². The van der Waals surface area contributed by atoms with Crippen molar-refractivity contribution in [1.82, 2.24) is 9.80 Å². The molecule has 2 aliphatic heterocycles. The van der Waals surface area contributed by atoms with Crippen LogP contribution in [0.15, 0.2) is 12.1 Å². The Bertz CT molecular complexity index is 522. The Kier molecular flexibility index (Phi) is 4.91. The number of likely N-dealkylation sites (tertiary alicyclic amines) is 1. The monoisotopic (exact) mass is 322 g/mol. The molecule has 1 aromatic rings. The Labute approximate surface area is 134 Å². The van der Waals surface area contributed by atoms with Crippen molar-refractivity contribution in [2.45, 2.75) is 25.8 Å². The average Bonchev–Trinajstić information content (AvgIpc) is 2.54. The van der Waals surface area contributed by atoms with Gasteiger partial charge < -0.3 is 15.1 Å². The van der Waals surface area contributed by atoms with Crippen LogP contribution in [-0.4, -0.2) is 71.6 Å². The molecule has 0 spiro atoms. The summed E-state index contributed by atoms with van der Waals surface area (Å²) in [7, 11) is 1.87. The molecule has 0 amide bonds. The maximum absolute atomic E-state index is 10.2. The topological polar surface area (TPSA) is 46.9 Å². The lowest BCUT2D eigenvalue weighted by Gasteiger charge is -2.41. The van der Waals surface area contributed by atoms with Crippen molar-refractivity contribution in [3.8, 4) is 11.5 Å². The lowest BCUT2D eigenvalue weighted by molar-refractivity contribution is 0.130. The number of nitrogens with zero attached hydrogens (tertiary/aromatic N) is 2. The van der Waals surface area contributed by atoms with Crippen LogP contribution in [0.25, 0.3) is 0 Å². The number of aromatic hydroxyl groups is 2. The first-order valence-corrected chi connectivity index (χ1v) is 9.96. The standard InChI is InChI=1S/C17H27N2O2P/c1-13-3-4-15(17(21)16(13)20)22-11-9-19(10-12-22)14-5-7-18(2)8-6-14/h3-4,14,20-21H,5-12H2,1-2H3. The molecule has 0 saturated carbocycles. The van der Waals surface area contributed by atoms with Crippen molar-refractivity contribution in [2.24, 2.45) is 0 Å². The molecular weight excluding hydrogens is 295 g/mol. The minimum atomic E-state index is -0.335. The van der Waals surface area contributed by atoms with E-state index in [1.165, 1.54) is 25.9 Å². The summed E-state index contributed by atoms with van der Waals surface area (Å²) in [4.78, 5) is 5.07. The molecule has 0 aromatic heterocycles. The maximum atomic E-state index is 10.2. The van der Waals surface area contributed by atoms with Crippen LogP contribution in [0.1, 0.15) is 18.4 Å². The molecule has 4 nitrogen and oxygen atoms in total. The Balaban J connectivity index is 1.61. The van der Waals surface area contributed by atoms with Gasteiger partial charge in [-0.05, 0) is 57.8 Å². The van der Waals surface area contributed by atoms with E-state index in [1.54, 1.807) is 0 Å². The molecule has 3 rings (SSSR count). The van der Waals surface area contributed by atoms with E-state index in [0.29, 0.717) is 0 Å². The Morgan fingerprint density at radius 2 is 1.64 bits per heavy atom. The van der Waals surface area contributed by atoms with Crippen LogP contribution in [0.2, 0.25) is 0 Å². The summed E-state index contributed by atoms with van der Waals surface area (Å²) in [5.41, 5.74) is 0.751. The summed E-state index contributed by atoms with van der Waals surface area (Å²) < 4.78 is 0. The third-order valence-corrected chi connectivity index (χ3v) is 7.71. The van der Waals surface area contributed by atoms with E-state index in [1.807, 2.05) is 19.1 Å². The summed E-state index contributed by atoms with van der Waals surface area (Å²) in [6.45, 7) is 6.52. The van der Waals surface area contributed by atoms with Crippen LogP contribution in [0, 0.1) is 6.92 Å². The number of phenolic OH excluding ortho intramolecular Hbond substituents is 2. The molecule has 5 heteroatoms. The van der Waals surface area contributed by atoms with Crippen molar-refractivity contribution < 1.29 is 10.2 Å². The summed E-state index contributed by atoms with van der Waals surface area (Å²) in [5, 5.41) is 21.2. The first kappa shape index (κ1) is 16.0. The fourth-order valence-electron chi connectivity index (χ4n) is 3.61. The van der Waals surface area contributed by atoms with Crippen molar-refractivity contribution in [2.75, 3.05) is 45.6 Å². The number of phenols is 2. The average molecular weight is 322 g/mol. The van der Waals surface area contributed by atoms with Crippen molar-refractivity contribution >= 4 is 13.2 Å². The zero-order valence-corrected chi connectivity index (χ0v) is 14.5. The van der Waals surface area contributed by atoms with E-state index in [0.717, 1.165) is 42.3 Å². The highest BCUT2D eigenvalue weighted by Gasteiger charge is 2.29. The fraction of sp³-hybridized carbons (Fsp3) is 0.647. The third kappa shape index (κ3) is 3.24. The molecule has 0 atom stereocenters. The van der Waals surface area contributed by atoms with Crippen LogP contribution >= 0.6 is 7.92 Å². The van der Waals surface area contributed by atoms with E-state index >= 15 is 0 Å². The maximum Gasteiger partial charge on any atom is 0.165 e. The van der Waals surface area contributed by atoms with Gasteiger partial charge in [0.2, 0.25) is 0 Å². The highest BCUT2D eigenvalue weighted by atomic mass is 31.1. The normalized spacial score (nSPS) is 23.0. The summed E-state index contributed by atoms with van der Waals surface area (Å²) in [5.74, 6) is 0.191. The molecule has 0 bridgehead atoms. The predicted octanol–water partition coefficient (Wildman–Crippen LogP) is 1.92. The molecule has 22 heavy (non-hydrogen) atoms. The number of hydrogen-bond donors (Lipinski definition) is 2.